The van der Waals surface area contributed by atoms with Gasteiger partial charge >= 0.3 is 0 Å². The van der Waals surface area contributed by atoms with Crippen LogP contribution in [0.4, 0.5) is 0 Å². The number of H-pyrrole nitrogens is 1. The van der Waals surface area contributed by atoms with E-state index >= 15 is 0 Å². The van der Waals surface area contributed by atoms with E-state index in [-0.39, 0.29) is 5.92 Å². The molecular weight excluding hydrogens is 202 g/mol. The summed E-state index contributed by atoms with van der Waals surface area (Å²) in [6.45, 7) is 0.576. The molecule has 3 rings (SSSR count). The summed E-state index contributed by atoms with van der Waals surface area (Å²) in [7, 11) is 0. The number of hydrogen-bond acceptors (Lipinski definition) is 3. The van der Waals surface area contributed by atoms with Crippen LogP contribution in [0.15, 0.2) is 47.8 Å². The molecule has 1 atom stereocenters. The minimum Gasteiger partial charge on any atom is -0.394 e. The van der Waals surface area contributed by atoms with Crippen LogP contribution in [-0.2, 0) is 4.84 Å². The minimum absolute atomic E-state index is 0.157. The molecule has 1 unspecified atom stereocenters. The zero-order valence-corrected chi connectivity index (χ0v) is 8.63. The summed E-state index contributed by atoms with van der Waals surface area (Å²) in [5.74, 6) is 0.157. The average Bonchev–Trinajstić information content (AvgIpc) is 3.01. The van der Waals surface area contributed by atoms with Gasteiger partial charge in [0.2, 0.25) is 0 Å². The van der Waals surface area contributed by atoms with Gasteiger partial charge in [0.05, 0.1) is 11.6 Å². The van der Waals surface area contributed by atoms with Gasteiger partial charge in [0, 0.05) is 17.5 Å². The maximum Gasteiger partial charge on any atom is 0.131 e. The monoisotopic (exact) mass is 213 g/mol. The first-order chi connectivity index (χ1) is 7.95. The van der Waals surface area contributed by atoms with E-state index in [0.29, 0.717) is 6.61 Å². The lowest BCUT2D eigenvalue weighted by molar-refractivity contribution is 0.166. The Labute approximate surface area is 92.9 Å². The summed E-state index contributed by atoms with van der Waals surface area (Å²) in [5, 5.41) is 11.0. The van der Waals surface area contributed by atoms with E-state index in [1.165, 1.54) is 0 Å². The van der Waals surface area contributed by atoms with E-state index in [1.54, 1.807) is 6.20 Å². The number of nitrogens with zero attached hydrogens (tertiary/aromatic N) is 2. The van der Waals surface area contributed by atoms with Gasteiger partial charge in [-0.05, 0) is 6.07 Å². The normalized spacial score (nSPS) is 19.2. The molecule has 1 aliphatic heterocycles. The van der Waals surface area contributed by atoms with Crippen molar-refractivity contribution in [1.82, 2.24) is 10.2 Å². The predicted molar refractivity (Wildman–Crippen MR) is 60.3 cm³/mol. The van der Waals surface area contributed by atoms with E-state index < -0.39 is 0 Å². The molecule has 1 N–H and O–H groups in total. The van der Waals surface area contributed by atoms with E-state index in [0.717, 1.165) is 17.0 Å². The van der Waals surface area contributed by atoms with Gasteiger partial charge in [-0.15, -0.1) is 0 Å². The van der Waals surface area contributed by atoms with Gasteiger partial charge in [-0.2, -0.15) is 5.10 Å². The van der Waals surface area contributed by atoms with Crippen LogP contribution in [-0.4, -0.2) is 22.5 Å². The second kappa shape index (κ2) is 3.81. The first-order valence-electron chi connectivity index (χ1n) is 5.19. The second-order valence-corrected chi connectivity index (χ2v) is 3.70. The van der Waals surface area contributed by atoms with Crippen molar-refractivity contribution in [3.8, 4) is 0 Å². The molecular formula is C12H11N3O. The Bertz CT molecular complexity index is 490. The average molecular weight is 213 g/mol. The minimum atomic E-state index is 0.157. The Balaban J connectivity index is 1.96. The summed E-state index contributed by atoms with van der Waals surface area (Å²) in [6.07, 6.45) is 1.75. The molecule has 2 aromatic rings. The van der Waals surface area contributed by atoms with Crippen molar-refractivity contribution in [3.05, 3.63) is 53.9 Å². The van der Waals surface area contributed by atoms with Gasteiger partial charge < -0.3 is 4.84 Å². The lowest BCUT2D eigenvalue weighted by atomic mass is 9.95. The molecule has 2 heterocycles. The van der Waals surface area contributed by atoms with Gasteiger partial charge in [-0.1, -0.05) is 35.5 Å². The molecule has 0 saturated carbocycles. The summed E-state index contributed by atoms with van der Waals surface area (Å²) >= 11 is 0. The number of aromatic nitrogens is 2. The number of hydrogen-bond donors (Lipinski definition) is 1. The van der Waals surface area contributed by atoms with Crippen LogP contribution in [0.5, 0.6) is 0 Å². The Morgan fingerprint density at radius 2 is 2.06 bits per heavy atom. The third-order valence-electron chi connectivity index (χ3n) is 2.70. The second-order valence-electron chi connectivity index (χ2n) is 3.70. The Morgan fingerprint density at radius 3 is 2.81 bits per heavy atom. The highest BCUT2D eigenvalue weighted by Crippen LogP contribution is 2.25. The first-order valence-corrected chi connectivity index (χ1v) is 5.19. The molecule has 0 radical (unpaired) electrons. The van der Waals surface area contributed by atoms with Crippen LogP contribution in [0.1, 0.15) is 17.2 Å². The molecule has 0 amide bonds. The molecule has 80 valence electrons. The molecule has 4 nitrogen and oxygen atoms in total. The Hall–Kier alpha value is -2.10. The highest BCUT2D eigenvalue weighted by Gasteiger charge is 2.27. The third-order valence-corrected chi connectivity index (χ3v) is 2.70. The number of oxime groups is 1. The molecule has 1 aliphatic rings. The van der Waals surface area contributed by atoms with Gasteiger partial charge in [-0.3, -0.25) is 5.10 Å². The summed E-state index contributed by atoms with van der Waals surface area (Å²) in [5.41, 5.74) is 3.10. The van der Waals surface area contributed by atoms with Crippen molar-refractivity contribution >= 4 is 5.71 Å². The molecule has 0 fully saturated rings. The highest BCUT2D eigenvalue weighted by atomic mass is 16.6. The Morgan fingerprint density at radius 1 is 1.19 bits per heavy atom. The van der Waals surface area contributed by atoms with Crippen molar-refractivity contribution in [2.24, 2.45) is 5.16 Å². The fourth-order valence-electron chi connectivity index (χ4n) is 1.88. The van der Waals surface area contributed by atoms with Crippen molar-refractivity contribution in [3.63, 3.8) is 0 Å². The van der Waals surface area contributed by atoms with Crippen LogP contribution < -0.4 is 0 Å². The van der Waals surface area contributed by atoms with Crippen molar-refractivity contribution in [2.75, 3.05) is 6.61 Å². The third kappa shape index (κ3) is 1.48. The van der Waals surface area contributed by atoms with Crippen molar-refractivity contribution < 1.29 is 4.84 Å². The van der Waals surface area contributed by atoms with Gasteiger partial charge in [0.15, 0.2) is 0 Å². The van der Waals surface area contributed by atoms with E-state index in [4.69, 9.17) is 4.84 Å². The summed E-state index contributed by atoms with van der Waals surface area (Å²) in [6, 6.07) is 12.0. The number of nitrogens with one attached hydrogen (secondary N) is 1. The predicted octanol–water partition coefficient (Wildman–Crippen LogP) is 1.93. The molecule has 1 aromatic heterocycles. The molecule has 1 aromatic carbocycles. The molecule has 0 aliphatic carbocycles. The van der Waals surface area contributed by atoms with Crippen LogP contribution in [0.3, 0.4) is 0 Å². The van der Waals surface area contributed by atoms with E-state index in [9.17, 15) is 0 Å². The lowest BCUT2D eigenvalue weighted by Gasteiger charge is -2.07. The number of rotatable bonds is 2. The van der Waals surface area contributed by atoms with Gasteiger partial charge in [0.25, 0.3) is 0 Å². The fourth-order valence-corrected chi connectivity index (χ4v) is 1.88. The van der Waals surface area contributed by atoms with Crippen molar-refractivity contribution in [2.45, 2.75) is 5.92 Å². The zero-order chi connectivity index (χ0) is 10.8. The SMILES string of the molecule is c1ccc(C2=NOCC2c2ccn[nH]2)cc1. The lowest BCUT2D eigenvalue weighted by Crippen LogP contribution is -2.12. The highest BCUT2D eigenvalue weighted by molar-refractivity contribution is 6.05. The molecule has 4 heteroatoms. The number of benzene rings is 1. The maximum absolute atomic E-state index is 5.19. The molecule has 16 heavy (non-hydrogen) atoms. The largest absolute Gasteiger partial charge is 0.394 e. The quantitative estimate of drug-likeness (QED) is 0.828. The zero-order valence-electron chi connectivity index (χ0n) is 8.63. The summed E-state index contributed by atoms with van der Waals surface area (Å²) in [4.78, 5) is 5.19. The first kappa shape index (κ1) is 9.15. The topological polar surface area (TPSA) is 50.3 Å². The van der Waals surface area contributed by atoms with Gasteiger partial charge in [-0.25, -0.2) is 0 Å². The van der Waals surface area contributed by atoms with Crippen LogP contribution in [0.2, 0.25) is 0 Å². The summed E-state index contributed by atoms with van der Waals surface area (Å²) < 4.78 is 0. The molecule has 0 bridgehead atoms. The molecule has 0 saturated heterocycles. The smallest absolute Gasteiger partial charge is 0.131 e. The fraction of sp³-hybridized carbons (Fsp3) is 0.167. The van der Waals surface area contributed by atoms with Gasteiger partial charge in [0.1, 0.15) is 6.61 Å². The standard InChI is InChI=1S/C12H11N3O/c1-2-4-9(5-3-1)12-10(8-16-15-12)11-6-7-13-14-11/h1-7,10H,8H2,(H,13,14). The number of aromatic amines is 1. The van der Waals surface area contributed by atoms with Crippen molar-refractivity contribution in [1.29, 1.82) is 0 Å². The van der Waals surface area contributed by atoms with Crippen LogP contribution >= 0.6 is 0 Å². The maximum atomic E-state index is 5.19. The Kier molecular flexibility index (Phi) is 2.18. The van der Waals surface area contributed by atoms with Crippen LogP contribution in [0.25, 0.3) is 0 Å². The van der Waals surface area contributed by atoms with E-state index in [1.807, 2.05) is 36.4 Å². The molecule has 0 spiro atoms. The van der Waals surface area contributed by atoms with E-state index in [2.05, 4.69) is 15.4 Å². The van der Waals surface area contributed by atoms with Crippen LogP contribution in [0, 0.1) is 0 Å².